The monoisotopic (exact) mass is 317 g/mol. The van der Waals surface area contributed by atoms with Crippen LogP contribution in [0.4, 0.5) is 10.5 Å². The zero-order valence-corrected chi connectivity index (χ0v) is 13.8. The van der Waals surface area contributed by atoms with E-state index in [0.29, 0.717) is 18.8 Å². The standard InChI is InChI=1S/C16H23N5O2/c1-10-14-8-13(9-17-15(14)20(3)19-10)18-16(23)21-6-4-12(5-7-21)11(2)22/h8-9,11-12,22H,4-7H2,1-3H3,(H,18,23). The molecule has 7 nitrogen and oxygen atoms in total. The molecule has 0 saturated carbocycles. The quantitative estimate of drug-likeness (QED) is 0.886. The van der Waals surface area contributed by atoms with Crippen LogP contribution in [0.3, 0.4) is 0 Å². The highest BCUT2D eigenvalue weighted by molar-refractivity contribution is 5.92. The predicted octanol–water partition coefficient (Wildman–Crippen LogP) is 1.90. The molecule has 0 radical (unpaired) electrons. The van der Waals surface area contributed by atoms with Crippen molar-refractivity contribution in [1.82, 2.24) is 19.7 Å². The van der Waals surface area contributed by atoms with Gasteiger partial charge in [-0.15, -0.1) is 0 Å². The van der Waals surface area contributed by atoms with Gasteiger partial charge in [0, 0.05) is 25.5 Å². The molecule has 1 saturated heterocycles. The molecule has 124 valence electrons. The Hall–Kier alpha value is -2.15. The summed E-state index contributed by atoms with van der Waals surface area (Å²) < 4.78 is 1.73. The Balaban J connectivity index is 1.67. The summed E-state index contributed by atoms with van der Waals surface area (Å²) in [5, 5.41) is 17.8. The molecule has 3 rings (SSSR count). The molecular formula is C16H23N5O2. The Kier molecular flexibility index (Phi) is 4.21. The summed E-state index contributed by atoms with van der Waals surface area (Å²) in [5.41, 5.74) is 2.37. The lowest BCUT2D eigenvalue weighted by Gasteiger charge is -2.33. The topological polar surface area (TPSA) is 83.3 Å². The van der Waals surface area contributed by atoms with Crippen LogP contribution < -0.4 is 5.32 Å². The summed E-state index contributed by atoms with van der Waals surface area (Å²) in [6, 6.07) is 1.79. The molecular weight excluding hydrogens is 294 g/mol. The Morgan fingerprint density at radius 1 is 1.43 bits per heavy atom. The van der Waals surface area contributed by atoms with Gasteiger partial charge in [-0.25, -0.2) is 9.78 Å². The minimum Gasteiger partial charge on any atom is -0.393 e. The van der Waals surface area contributed by atoms with Crippen LogP contribution in [-0.4, -0.2) is 50.0 Å². The molecule has 7 heteroatoms. The van der Waals surface area contributed by atoms with E-state index in [-0.39, 0.29) is 18.1 Å². The van der Waals surface area contributed by atoms with Crippen LogP contribution in [0.5, 0.6) is 0 Å². The van der Waals surface area contributed by atoms with Crippen LogP contribution in [0.25, 0.3) is 11.0 Å². The first kappa shape index (κ1) is 15.7. The van der Waals surface area contributed by atoms with E-state index in [9.17, 15) is 9.90 Å². The summed E-state index contributed by atoms with van der Waals surface area (Å²) in [6.07, 6.45) is 3.03. The lowest BCUT2D eigenvalue weighted by atomic mass is 9.92. The van der Waals surface area contributed by atoms with Crippen molar-refractivity contribution in [3.63, 3.8) is 0 Å². The number of piperidine rings is 1. The molecule has 23 heavy (non-hydrogen) atoms. The van der Waals surface area contributed by atoms with Gasteiger partial charge in [-0.2, -0.15) is 5.10 Å². The van der Waals surface area contributed by atoms with Crippen molar-refractivity contribution in [2.24, 2.45) is 13.0 Å². The number of anilines is 1. The van der Waals surface area contributed by atoms with E-state index in [4.69, 9.17) is 0 Å². The summed E-state index contributed by atoms with van der Waals surface area (Å²) in [5.74, 6) is 0.287. The molecule has 1 fully saturated rings. The van der Waals surface area contributed by atoms with Gasteiger partial charge in [0.1, 0.15) is 0 Å². The van der Waals surface area contributed by atoms with Gasteiger partial charge in [0.15, 0.2) is 5.65 Å². The summed E-state index contributed by atoms with van der Waals surface area (Å²) >= 11 is 0. The predicted molar refractivity (Wildman–Crippen MR) is 88.2 cm³/mol. The Labute approximate surface area is 135 Å². The number of fused-ring (bicyclic) bond motifs is 1. The zero-order valence-electron chi connectivity index (χ0n) is 13.8. The van der Waals surface area contributed by atoms with Crippen molar-refractivity contribution in [3.8, 4) is 0 Å². The van der Waals surface area contributed by atoms with E-state index in [2.05, 4.69) is 15.4 Å². The SMILES string of the molecule is Cc1nn(C)c2ncc(NC(=O)N3CCC(C(C)O)CC3)cc12. The fraction of sp³-hybridized carbons (Fsp3) is 0.562. The Bertz CT molecular complexity index is 717. The van der Waals surface area contributed by atoms with Crippen LogP contribution in [-0.2, 0) is 7.05 Å². The molecule has 0 spiro atoms. The van der Waals surface area contributed by atoms with E-state index >= 15 is 0 Å². The number of nitrogens with zero attached hydrogens (tertiary/aromatic N) is 4. The third-order valence-electron chi connectivity index (χ3n) is 4.62. The van der Waals surface area contributed by atoms with E-state index in [1.54, 1.807) is 15.8 Å². The number of rotatable bonds is 2. The highest BCUT2D eigenvalue weighted by Crippen LogP contribution is 2.22. The first-order valence-electron chi connectivity index (χ1n) is 7.99. The fourth-order valence-corrected chi connectivity index (χ4v) is 3.16. The lowest BCUT2D eigenvalue weighted by molar-refractivity contribution is 0.0820. The van der Waals surface area contributed by atoms with Gasteiger partial charge in [0.2, 0.25) is 0 Å². The fourth-order valence-electron chi connectivity index (χ4n) is 3.16. The molecule has 1 unspecified atom stereocenters. The number of likely N-dealkylation sites (tertiary alicyclic amines) is 1. The maximum Gasteiger partial charge on any atom is 0.321 e. The van der Waals surface area contributed by atoms with Gasteiger partial charge < -0.3 is 15.3 Å². The maximum atomic E-state index is 12.4. The second-order valence-electron chi connectivity index (χ2n) is 6.30. The lowest BCUT2D eigenvalue weighted by Crippen LogP contribution is -2.42. The molecule has 2 aromatic rings. The molecule has 2 aromatic heterocycles. The van der Waals surface area contributed by atoms with Gasteiger partial charge in [-0.1, -0.05) is 0 Å². The van der Waals surface area contributed by atoms with Crippen LogP contribution in [0.15, 0.2) is 12.3 Å². The largest absolute Gasteiger partial charge is 0.393 e. The first-order valence-corrected chi connectivity index (χ1v) is 7.99. The van der Waals surface area contributed by atoms with Crippen molar-refractivity contribution >= 4 is 22.8 Å². The summed E-state index contributed by atoms with van der Waals surface area (Å²) in [4.78, 5) is 18.5. The van der Waals surface area contributed by atoms with E-state index in [1.807, 2.05) is 27.0 Å². The minimum atomic E-state index is -0.305. The second kappa shape index (κ2) is 6.16. The third-order valence-corrected chi connectivity index (χ3v) is 4.62. The smallest absolute Gasteiger partial charge is 0.321 e. The number of aliphatic hydroxyl groups excluding tert-OH is 1. The van der Waals surface area contributed by atoms with Gasteiger partial charge >= 0.3 is 6.03 Å². The number of amides is 2. The summed E-state index contributed by atoms with van der Waals surface area (Å²) in [6.45, 7) is 5.08. The highest BCUT2D eigenvalue weighted by atomic mass is 16.3. The number of pyridine rings is 1. The van der Waals surface area contributed by atoms with Gasteiger partial charge in [0.25, 0.3) is 0 Å². The van der Waals surface area contributed by atoms with E-state index in [0.717, 1.165) is 29.6 Å². The molecule has 2 N–H and O–H groups in total. The number of aryl methyl sites for hydroxylation is 2. The van der Waals surface area contributed by atoms with Crippen molar-refractivity contribution in [3.05, 3.63) is 18.0 Å². The van der Waals surface area contributed by atoms with Gasteiger partial charge in [-0.3, -0.25) is 4.68 Å². The molecule has 1 aliphatic heterocycles. The highest BCUT2D eigenvalue weighted by Gasteiger charge is 2.25. The number of carbonyl (C=O) groups excluding carboxylic acids is 1. The molecule has 3 heterocycles. The molecule has 1 atom stereocenters. The Morgan fingerprint density at radius 3 is 2.78 bits per heavy atom. The van der Waals surface area contributed by atoms with Gasteiger partial charge in [0.05, 0.1) is 23.7 Å². The molecule has 0 bridgehead atoms. The van der Waals surface area contributed by atoms with Crippen LogP contribution in [0, 0.1) is 12.8 Å². The number of hydrogen-bond donors (Lipinski definition) is 2. The van der Waals surface area contributed by atoms with Gasteiger partial charge in [-0.05, 0) is 38.7 Å². The van der Waals surface area contributed by atoms with Crippen LogP contribution in [0.2, 0.25) is 0 Å². The summed E-state index contributed by atoms with van der Waals surface area (Å²) in [7, 11) is 1.85. The minimum absolute atomic E-state index is 0.114. The number of hydrogen-bond acceptors (Lipinski definition) is 4. The van der Waals surface area contributed by atoms with Crippen molar-refractivity contribution < 1.29 is 9.90 Å². The second-order valence-corrected chi connectivity index (χ2v) is 6.30. The molecule has 0 aromatic carbocycles. The first-order chi connectivity index (χ1) is 11.0. The number of carbonyl (C=O) groups is 1. The molecule has 1 aliphatic rings. The van der Waals surface area contributed by atoms with Crippen molar-refractivity contribution in [1.29, 1.82) is 0 Å². The average Bonchev–Trinajstić information content (AvgIpc) is 2.81. The maximum absolute atomic E-state index is 12.4. The molecule has 0 aliphatic carbocycles. The van der Waals surface area contributed by atoms with E-state index in [1.165, 1.54) is 0 Å². The van der Waals surface area contributed by atoms with Crippen molar-refractivity contribution in [2.45, 2.75) is 32.8 Å². The number of aliphatic hydroxyl groups is 1. The molecule has 2 amide bonds. The van der Waals surface area contributed by atoms with Crippen molar-refractivity contribution in [2.75, 3.05) is 18.4 Å². The van der Waals surface area contributed by atoms with E-state index < -0.39 is 0 Å². The Morgan fingerprint density at radius 2 is 2.13 bits per heavy atom. The number of urea groups is 1. The number of nitrogens with one attached hydrogen (secondary N) is 1. The third kappa shape index (κ3) is 3.14. The van der Waals surface area contributed by atoms with Crippen LogP contribution >= 0.6 is 0 Å². The normalized spacial score (nSPS) is 17.5. The average molecular weight is 317 g/mol. The zero-order chi connectivity index (χ0) is 16.6. The van der Waals surface area contributed by atoms with Crippen LogP contribution in [0.1, 0.15) is 25.5 Å². The number of aromatic nitrogens is 3.